The molecule has 31 heavy (non-hydrogen) atoms. The average molecular weight is 446 g/mol. The first kappa shape index (κ1) is 21.1. The zero-order chi connectivity index (χ0) is 21.2. The number of carbonyl (C=O) groups is 1. The van der Waals surface area contributed by atoms with Gasteiger partial charge in [0.05, 0.1) is 23.8 Å². The molecular formula is C23H31N3O4S. The Labute approximate surface area is 187 Å². The molecule has 5 heterocycles. The summed E-state index contributed by atoms with van der Waals surface area (Å²) in [5, 5.41) is 3.65. The predicted molar refractivity (Wildman–Crippen MR) is 119 cm³/mol. The van der Waals surface area contributed by atoms with E-state index in [1.54, 1.807) is 6.26 Å². The van der Waals surface area contributed by atoms with E-state index in [0.29, 0.717) is 17.6 Å². The standard InChI is InChI=1S/C23H31N3O4S/c1-15-4-2-9-26(10-6-15)14-18(27)24-23-25-19(17-5-3-11-29-17)22(31-23)21-20(30-21)16-7-12-28-13-8-16/h3,5,11,15-16,20-21H,2,4,6-10,12-14H2,1H3,(H,24,25,27). The number of hydrogen-bond acceptors (Lipinski definition) is 7. The second-order valence-electron chi connectivity index (χ2n) is 9.04. The van der Waals surface area contributed by atoms with Crippen molar-refractivity contribution in [1.82, 2.24) is 9.88 Å². The molecule has 1 N–H and O–H groups in total. The van der Waals surface area contributed by atoms with Crippen molar-refractivity contribution < 1.29 is 18.7 Å². The maximum atomic E-state index is 12.7. The van der Waals surface area contributed by atoms with E-state index in [1.165, 1.54) is 17.8 Å². The van der Waals surface area contributed by atoms with Crippen molar-refractivity contribution in [3.63, 3.8) is 0 Å². The minimum absolute atomic E-state index is 0.00135. The van der Waals surface area contributed by atoms with Gasteiger partial charge in [-0.2, -0.15) is 0 Å². The van der Waals surface area contributed by atoms with Gasteiger partial charge in [0.2, 0.25) is 5.91 Å². The molecule has 2 aromatic heterocycles. The molecule has 168 valence electrons. The lowest BCUT2D eigenvalue weighted by atomic mass is 9.94. The van der Waals surface area contributed by atoms with Gasteiger partial charge >= 0.3 is 0 Å². The minimum Gasteiger partial charge on any atom is -0.463 e. The summed E-state index contributed by atoms with van der Waals surface area (Å²) in [7, 11) is 0. The van der Waals surface area contributed by atoms with Gasteiger partial charge in [-0.1, -0.05) is 18.3 Å². The monoisotopic (exact) mass is 445 g/mol. The number of nitrogens with zero attached hydrogens (tertiary/aromatic N) is 2. The number of ether oxygens (including phenoxy) is 2. The summed E-state index contributed by atoms with van der Waals surface area (Å²) in [5.41, 5.74) is 0.786. The van der Waals surface area contributed by atoms with Gasteiger partial charge in [0.25, 0.3) is 0 Å². The zero-order valence-corrected chi connectivity index (χ0v) is 18.9. The molecule has 0 aromatic carbocycles. The highest BCUT2D eigenvalue weighted by atomic mass is 32.1. The smallest absolute Gasteiger partial charge is 0.240 e. The average Bonchev–Trinajstić information content (AvgIpc) is 3.25. The summed E-state index contributed by atoms with van der Waals surface area (Å²) >= 11 is 1.51. The van der Waals surface area contributed by atoms with Crippen molar-refractivity contribution in [2.75, 3.05) is 38.2 Å². The number of rotatable bonds is 6. The van der Waals surface area contributed by atoms with Crippen molar-refractivity contribution in [2.24, 2.45) is 11.8 Å². The first-order chi connectivity index (χ1) is 15.2. The van der Waals surface area contributed by atoms with Crippen LogP contribution in [0.2, 0.25) is 0 Å². The van der Waals surface area contributed by atoms with E-state index in [4.69, 9.17) is 18.9 Å². The molecule has 0 radical (unpaired) electrons. The van der Waals surface area contributed by atoms with Crippen LogP contribution >= 0.6 is 11.3 Å². The predicted octanol–water partition coefficient (Wildman–Crippen LogP) is 4.33. The van der Waals surface area contributed by atoms with Gasteiger partial charge in [0.15, 0.2) is 10.9 Å². The maximum Gasteiger partial charge on any atom is 0.240 e. The molecule has 0 aliphatic carbocycles. The molecule has 2 aromatic rings. The Bertz CT molecular complexity index is 878. The number of furan rings is 1. The molecule has 3 unspecified atom stereocenters. The van der Waals surface area contributed by atoms with E-state index in [1.807, 2.05) is 12.1 Å². The first-order valence-corrected chi connectivity index (χ1v) is 12.3. The van der Waals surface area contributed by atoms with Gasteiger partial charge in [-0.05, 0) is 69.2 Å². The van der Waals surface area contributed by atoms with E-state index < -0.39 is 0 Å². The van der Waals surface area contributed by atoms with Crippen LogP contribution in [0, 0.1) is 11.8 Å². The molecule has 0 saturated carbocycles. The normalized spacial score (nSPS) is 27.7. The molecule has 3 fully saturated rings. The third-order valence-electron chi connectivity index (χ3n) is 6.65. The van der Waals surface area contributed by atoms with E-state index in [0.717, 1.165) is 74.2 Å². The van der Waals surface area contributed by atoms with Gasteiger partial charge in [-0.3, -0.25) is 9.69 Å². The summed E-state index contributed by atoms with van der Waals surface area (Å²) in [6.07, 6.45) is 7.52. The lowest BCUT2D eigenvalue weighted by Gasteiger charge is -2.20. The molecule has 0 bridgehead atoms. The summed E-state index contributed by atoms with van der Waals surface area (Å²) in [4.78, 5) is 20.8. The van der Waals surface area contributed by atoms with Crippen molar-refractivity contribution in [3.8, 4) is 11.5 Å². The van der Waals surface area contributed by atoms with Gasteiger partial charge in [-0.15, -0.1) is 0 Å². The highest BCUT2D eigenvalue weighted by Gasteiger charge is 2.48. The SMILES string of the molecule is CC1CCCN(CC(=O)Nc2nc(-c3ccco3)c(C3OC3C3CCOCC3)s2)CC1. The number of likely N-dealkylation sites (tertiary alicyclic amines) is 1. The second kappa shape index (κ2) is 9.40. The largest absolute Gasteiger partial charge is 0.463 e. The van der Waals surface area contributed by atoms with Crippen LogP contribution < -0.4 is 5.32 Å². The van der Waals surface area contributed by atoms with Crippen molar-refractivity contribution in [3.05, 3.63) is 23.3 Å². The summed E-state index contributed by atoms with van der Waals surface area (Å²) in [6.45, 7) is 6.30. The van der Waals surface area contributed by atoms with E-state index in [2.05, 4.69) is 17.1 Å². The fourth-order valence-electron chi connectivity index (χ4n) is 4.75. The highest BCUT2D eigenvalue weighted by Crippen LogP contribution is 2.51. The molecule has 8 heteroatoms. The van der Waals surface area contributed by atoms with Crippen molar-refractivity contribution in [1.29, 1.82) is 0 Å². The van der Waals surface area contributed by atoms with Crippen LogP contribution in [-0.4, -0.2) is 54.7 Å². The third-order valence-corrected chi connectivity index (χ3v) is 7.68. The van der Waals surface area contributed by atoms with Gasteiger partial charge in [0, 0.05) is 13.2 Å². The van der Waals surface area contributed by atoms with E-state index >= 15 is 0 Å². The van der Waals surface area contributed by atoms with Crippen LogP contribution in [0.4, 0.5) is 5.13 Å². The molecule has 3 saturated heterocycles. The van der Waals surface area contributed by atoms with Crippen LogP contribution in [-0.2, 0) is 14.3 Å². The fourth-order valence-corrected chi connectivity index (χ4v) is 5.81. The Balaban J connectivity index is 1.27. The minimum atomic E-state index is -0.00135. The molecule has 0 spiro atoms. The lowest BCUT2D eigenvalue weighted by Crippen LogP contribution is -2.34. The van der Waals surface area contributed by atoms with Crippen molar-refractivity contribution >= 4 is 22.4 Å². The summed E-state index contributed by atoms with van der Waals surface area (Å²) < 4.78 is 17.2. The number of aromatic nitrogens is 1. The van der Waals surface area contributed by atoms with Gasteiger partial charge in [-0.25, -0.2) is 4.98 Å². The molecule has 3 aliphatic rings. The number of epoxide rings is 1. The first-order valence-electron chi connectivity index (χ1n) is 11.5. The fraction of sp³-hybridized carbons (Fsp3) is 0.652. The van der Waals surface area contributed by atoms with E-state index in [9.17, 15) is 4.79 Å². The van der Waals surface area contributed by atoms with Crippen LogP contribution in [0.5, 0.6) is 0 Å². The number of carbonyl (C=O) groups excluding carboxylic acids is 1. The van der Waals surface area contributed by atoms with Crippen LogP contribution in [0.1, 0.15) is 50.0 Å². The number of nitrogens with one attached hydrogen (secondary N) is 1. The quantitative estimate of drug-likeness (QED) is 0.667. The Kier molecular flexibility index (Phi) is 6.41. The number of hydrogen-bond donors (Lipinski definition) is 1. The molecule has 5 rings (SSSR count). The number of thiazole rings is 1. The number of amides is 1. The highest BCUT2D eigenvalue weighted by molar-refractivity contribution is 7.16. The lowest BCUT2D eigenvalue weighted by molar-refractivity contribution is -0.117. The van der Waals surface area contributed by atoms with E-state index in [-0.39, 0.29) is 18.1 Å². The number of anilines is 1. The van der Waals surface area contributed by atoms with Crippen LogP contribution in [0.25, 0.3) is 11.5 Å². The Morgan fingerprint density at radius 1 is 1.26 bits per heavy atom. The molecule has 3 aliphatic heterocycles. The molecule has 1 amide bonds. The third kappa shape index (κ3) is 5.03. The van der Waals surface area contributed by atoms with Gasteiger partial charge in [0.1, 0.15) is 11.8 Å². The topological polar surface area (TPSA) is 80.1 Å². The van der Waals surface area contributed by atoms with Crippen LogP contribution in [0.3, 0.4) is 0 Å². The molecule has 7 nitrogen and oxygen atoms in total. The van der Waals surface area contributed by atoms with Crippen LogP contribution in [0.15, 0.2) is 22.8 Å². The summed E-state index contributed by atoms with van der Waals surface area (Å²) in [5.74, 6) is 1.98. The van der Waals surface area contributed by atoms with Crippen molar-refractivity contribution in [2.45, 2.75) is 51.2 Å². The Morgan fingerprint density at radius 3 is 2.94 bits per heavy atom. The maximum absolute atomic E-state index is 12.7. The Hall–Kier alpha value is -1.74. The van der Waals surface area contributed by atoms with Gasteiger partial charge < -0.3 is 19.2 Å². The molecular weight excluding hydrogens is 414 g/mol. The summed E-state index contributed by atoms with van der Waals surface area (Å²) in [6, 6.07) is 3.77. The second-order valence-corrected chi connectivity index (χ2v) is 10.1. The Morgan fingerprint density at radius 2 is 2.13 bits per heavy atom. The zero-order valence-electron chi connectivity index (χ0n) is 18.0. The molecule has 3 atom stereocenters.